The van der Waals surface area contributed by atoms with Crippen molar-refractivity contribution >= 4 is 11.1 Å². The van der Waals surface area contributed by atoms with E-state index in [0.29, 0.717) is 12.1 Å². The number of aromatic nitrogens is 1. The molecule has 0 N–H and O–H groups in total. The lowest BCUT2D eigenvalue weighted by Gasteiger charge is -2.11. The number of rotatable bonds is 1. The molecular weight excluding hydrogens is 426 g/mol. The zero-order valence-corrected chi connectivity index (χ0v) is 14.6. The maximum absolute atomic E-state index is 14.4. The molecule has 1 heterocycles. The second-order valence-corrected chi connectivity index (χ2v) is 5.51. The van der Waals surface area contributed by atoms with Gasteiger partial charge in [0.2, 0.25) is 5.95 Å². The van der Waals surface area contributed by atoms with Crippen LogP contribution in [0.4, 0.5) is 26.3 Å². The summed E-state index contributed by atoms with van der Waals surface area (Å²) in [5.41, 5.74) is -7.12. The van der Waals surface area contributed by atoms with E-state index in [1.807, 2.05) is 0 Å². The summed E-state index contributed by atoms with van der Waals surface area (Å²) in [6.45, 7) is 0. The number of halogens is 6. The number of hydrogen-bond acceptors (Lipinski definition) is 6. The van der Waals surface area contributed by atoms with Crippen LogP contribution >= 0.6 is 0 Å². The highest BCUT2D eigenvalue weighted by Gasteiger charge is 2.40. The summed E-state index contributed by atoms with van der Waals surface area (Å²) in [7, 11) is 0. The summed E-state index contributed by atoms with van der Waals surface area (Å²) in [5.74, 6) is -6.92. The molecule has 0 spiro atoms. The third-order valence-electron chi connectivity index (χ3n) is 3.81. The summed E-state index contributed by atoms with van der Waals surface area (Å²) in [6.07, 6.45) is -5.53. The van der Waals surface area contributed by atoms with Crippen LogP contribution in [-0.4, -0.2) is 4.98 Å². The maximum Gasteiger partial charge on any atom is 0.436 e. The van der Waals surface area contributed by atoms with Gasteiger partial charge < -0.3 is 0 Å². The van der Waals surface area contributed by atoms with Gasteiger partial charge in [-0.05, 0) is 17.4 Å². The molecule has 0 saturated carbocycles. The lowest BCUT2D eigenvalue weighted by atomic mass is 9.97. The van der Waals surface area contributed by atoms with E-state index in [2.05, 4.69) is 4.98 Å². The first-order valence-electron chi connectivity index (χ1n) is 7.60. The lowest BCUT2D eigenvalue weighted by molar-refractivity contribution is -0.144. The van der Waals surface area contributed by atoms with Crippen molar-refractivity contribution in [1.82, 2.24) is 4.98 Å². The molecule has 1 aromatic carbocycles. The standard InChI is InChI=1S/C19H2F6N6/c20-15-14(16(21)18(22)31-17(15)19(23,24)25)12(7-30)8-1-9(3-26)13(10(2-8)4-27)11(5-28)6-29/h1-2H. The molecule has 0 aliphatic heterocycles. The Hall–Kier alpha value is -4.86. The van der Waals surface area contributed by atoms with Crippen LogP contribution in [0.15, 0.2) is 12.1 Å². The molecule has 0 atom stereocenters. The van der Waals surface area contributed by atoms with Crippen LogP contribution in [-0.2, 0) is 6.18 Å². The van der Waals surface area contributed by atoms with Gasteiger partial charge in [0, 0.05) is 5.22 Å². The van der Waals surface area contributed by atoms with E-state index in [4.69, 9.17) is 10.5 Å². The highest BCUT2D eigenvalue weighted by atomic mass is 19.4. The van der Waals surface area contributed by atoms with E-state index in [0.717, 1.165) is 0 Å². The van der Waals surface area contributed by atoms with Crippen LogP contribution in [0.25, 0.3) is 11.1 Å². The van der Waals surface area contributed by atoms with Crippen molar-refractivity contribution in [3.05, 3.63) is 62.5 Å². The van der Waals surface area contributed by atoms with Gasteiger partial charge in [0.15, 0.2) is 17.3 Å². The average molecular weight is 428 g/mol. The summed E-state index contributed by atoms with van der Waals surface area (Å²) < 4.78 is 81.1. The molecule has 0 bridgehead atoms. The first-order valence-corrected chi connectivity index (χ1v) is 7.60. The Morgan fingerprint density at radius 2 is 1.32 bits per heavy atom. The molecule has 0 saturated heterocycles. The maximum atomic E-state index is 14.4. The van der Waals surface area contributed by atoms with E-state index in [1.165, 1.54) is 30.3 Å². The van der Waals surface area contributed by atoms with Gasteiger partial charge in [-0.3, -0.25) is 0 Å². The molecule has 0 radical (unpaired) electrons. The molecule has 0 aliphatic rings. The van der Waals surface area contributed by atoms with Gasteiger partial charge >= 0.3 is 6.18 Å². The first kappa shape index (κ1) is 22.4. The zero-order valence-electron chi connectivity index (χ0n) is 14.6. The molecule has 150 valence electrons. The van der Waals surface area contributed by atoms with Crippen molar-refractivity contribution in [1.29, 1.82) is 26.3 Å². The van der Waals surface area contributed by atoms with Gasteiger partial charge in [0.25, 0.3) is 0 Å². The normalized spacial score (nSPS) is 10.1. The van der Waals surface area contributed by atoms with Gasteiger partial charge in [-0.1, -0.05) is 0 Å². The molecule has 6 nitrogen and oxygen atoms in total. The Bertz CT molecular complexity index is 1400. The minimum Gasteiger partial charge on any atom is -0.209 e. The fourth-order valence-electron chi connectivity index (χ4n) is 2.56. The molecule has 1 aromatic heterocycles. The summed E-state index contributed by atoms with van der Waals surface area (Å²) in [4.78, 5) is 2.20. The van der Waals surface area contributed by atoms with Crippen LogP contribution in [0.2, 0.25) is 0 Å². The number of alkyl halides is 3. The number of nitriles is 5. The third kappa shape index (κ3) is 3.85. The second-order valence-electron chi connectivity index (χ2n) is 5.51. The minimum absolute atomic E-state index is 0.450. The molecule has 0 aliphatic carbocycles. The average Bonchev–Trinajstić information content (AvgIpc) is 2.73. The third-order valence-corrected chi connectivity index (χ3v) is 3.81. The topological polar surface area (TPSA) is 132 Å². The van der Waals surface area contributed by atoms with E-state index < -0.39 is 67.7 Å². The monoisotopic (exact) mass is 428 g/mol. The van der Waals surface area contributed by atoms with Gasteiger partial charge in [0.1, 0.15) is 23.8 Å². The van der Waals surface area contributed by atoms with Crippen LogP contribution in [0.5, 0.6) is 0 Å². The van der Waals surface area contributed by atoms with Crippen LogP contribution < -0.4 is 10.4 Å². The van der Waals surface area contributed by atoms with Crippen molar-refractivity contribution < 1.29 is 26.3 Å². The SMILES string of the molecule is N#CC(c1c(F)c(F)nc(C(F)(F)F)c1F)=c1cc(C#N)c(=C(C#N)C#N)c(C#N)c1. The van der Waals surface area contributed by atoms with E-state index in [1.54, 1.807) is 0 Å². The van der Waals surface area contributed by atoms with Crippen molar-refractivity contribution in [3.63, 3.8) is 0 Å². The molecule has 2 rings (SSSR count). The smallest absolute Gasteiger partial charge is 0.209 e. The highest BCUT2D eigenvalue weighted by molar-refractivity contribution is 5.79. The molecule has 0 fully saturated rings. The van der Waals surface area contributed by atoms with Crippen molar-refractivity contribution in [2.75, 3.05) is 0 Å². The fraction of sp³-hybridized carbons (Fsp3) is 0.0526. The predicted molar refractivity (Wildman–Crippen MR) is 87.0 cm³/mol. The Labute approximate surface area is 168 Å². The van der Waals surface area contributed by atoms with E-state index in [-0.39, 0.29) is 0 Å². The molecule has 12 heteroatoms. The highest BCUT2D eigenvalue weighted by Crippen LogP contribution is 2.34. The first-order chi connectivity index (χ1) is 14.5. The second kappa shape index (κ2) is 8.25. The largest absolute Gasteiger partial charge is 0.436 e. The Balaban J connectivity index is 3.22. The Morgan fingerprint density at radius 3 is 1.71 bits per heavy atom. The molecular formula is C19H2F6N6. The van der Waals surface area contributed by atoms with Crippen LogP contribution in [0.1, 0.15) is 22.4 Å². The van der Waals surface area contributed by atoms with Crippen LogP contribution in [0, 0.1) is 74.2 Å². The number of benzene rings is 1. The van der Waals surface area contributed by atoms with E-state index >= 15 is 0 Å². The van der Waals surface area contributed by atoms with Gasteiger partial charge in [-0.25, -0.2) is 13.8 Å². The molecule has 31 heavy (non-hydrogen) atoms. The van der Waals surface area contributed by atoms with Crippen molar-refractivity contribution in [3.8, 4) is 30.3 Å². The van der Waals surface area contributed by atoms with Crippen molar-refractivity contribution in [2.24, 2.45) is 0 Å². The number of pyridine rings is 1. The quantitative estimate of drug-likeness (QED) is 0.505. The molecule has 0 unspecified atom stereocenters. The van der Waals surface area contributed by atoms with E-state index in [9.17, 15) is 42.1 Å². The summed E-state index contributed by atoms with van der Waals surface area (Å²) >= 11 is 0. The van der Waals surface area contributed by atoms with Crippen molar-refractivity contribution in [2.45, 2.75) is 6.18 Å². The predicted octanol–water partition coefficient (Wildman–Crippen LogP) is 2.18. The number of nitrogens with zero attached hydrogens (tertiary/aromatic N) is 6. The number of hydrogen-bond donors (Lipinski definition) is 0. The van der Waals surface area contributed by atoms with Gasteiger partial charge in [-0.2, -0.15) is 43.9 Å². The molecule has 2 aromatic rings. The van der Waals surface area contributed by atoms with Gasteiger partial charge in [-0.15, -0.1) is 0 Å². The minimum atomic E-state index is -5.53. The lowest BCUT2D eigenvalue weighted by Crippen LogP contribution is -2.23. The zero-order chi connectivity index (χ0) is 23.5. The Kier molecular flexibility index (Phi) is 5.97. The van der Waals surface area contributed by atoms with Crippen LogP contribution in [0.3, 0.4) is 0 Å². The summed E-state index contributed by atoms with van der Waals surface area (Å²) in [5, 5.41) is 44.8. The Morgan fingerprint density at radius 1 is 0.806 bits per heavy atom. The fourth-order valence-corrected chi connectivity index (χ4v) is 2.56. The van der Waals surface area contributed by atoms with Gasteiger partial charge in [0.05, 0.1) is 34.4 Å². The molecule has 0 amide bonds. The summed E-state index contributed by atoms with van der Waals surface area (Å²) in [6, 6.07) is 8.56.